The lowest BCUT2D eigenvalue weighted by atomic mass is 10.3. The van der Waals surface area contributed by atoms with Gasteiger partial charge in [0.1, 0.15) is 10.8 Å². The molecule has 0 saturated carbocycles. The Morgan fingerprint density at radius 1 is 1.53 bits per heavy atom. The SMILES string of the molecule is Cc1cc(CNC(=O)c2cccc(Cl)n2)on1. The van der Waals surface area contributed by atoms with Crippen molar-refractivity contribution in [2.24, 2.45) is 0 Å². The van der Waals surface area contributed by atoms with Gasteiger partial charge in [0.05, 0.1) is 12.2 Å². The van der Waals surface area contributed by atoms with Crippen LogP contribution in [0.4, 0.5) is 0 Å². The molecule has 0 atom stereocenters. The first-order valence-electron chi connectivity index (χ1n) is 4.98. The van der Waals surface area contributed by atoms with E-state index in [1.165, 1.54) is 0 Å². The number of nitrogens with one attached hydrogen (secondary N) is 1. The Hall–Kier alpha value is -1.88. The van der Waals surface area contributed by atoms with Gasteiger partial charge in [-0.15, -0.1) is 0 Å². The molecule has 6 heteroatoms. The zero-order chi connectivity index (χ0) is 12.3. The van der Waals surface area contributed by atoms with E-state index in [2.05, 4.69) is 15.5 Å². The van der Waals surface area contributed by atoms with E-state index in [-0.39, 0.29) is 23.3 Å². The molecule has 0 aromatic carbocycles. The molecule has 2 heterocycles. The highest BCUT2D eigenvalue weighted by Gasteiger charge is 2.08. The number of pyridine rings is 1. The van der Waals surface area contributed by atoms with Gasteiger partial charge in [-0.05, 0) is 19.1 Å². The maximum atomic E-state index is 11.7. The molecule has 2 rings (SSSR count). The number of hydrogen-bond acceptors (Lipinski definition) is 4. The van der Waals surface area contributed by atoms with Crippen LogP contribution in [0, 0.1) is 6.92 Å². The molecule has 2 aromatic rings. The van der Waals surface area contributed by atoms with Crippen LogP contribution in [-0.4, -0.2) is 16.0 Å². The fraction of sp³-hybridized carbons (Fsp3) is 0.182. The molecule has 0 spiro atoms. The number of carbonyl (C=O) groups is 1. The number of amides is 1. The van der Waals surface area contributed by atoms with Gasteiger partial charge >= 0.3 is 0 Å². The Balaban J connectivity index is 1.98. The summed E-state index contributed by atoms with van der Waals surface area (Å²) in [5.41, 5.74) is 1.05. The minimum atomic E-state index is -0.304. The molecule has 0 unspecified atom stereocenters. The predicted octanol–water partition coefficient (Wildman–Crippen LogP) is 1.96. The highest BCUT2D eigenvalue weighted by molar-refractivity contribution is 6.29. The van der Waals surface area contributed by atoms with Gasteiger partial charge in [0.15, 0.2) is 5.76 Å². The quantitative estimate of drug-likeness (QED) is 0.847. The summed E-state index contributed by atoms with van der Waals surface area (Å²) in [6.07, 6.45) is 0. The Kier molecular flexibility index (Phi) is 3.39. The van der Waals surface area contributed by atoms with E-state index in [1.807, 2.05) is 6.92 Å². The lowest BCUT2D eigenvalue weighted by molar-refractivity contribution is 0.0942. The van der Waals surface area contributed by atoms with Crippen LogP contribution in [0.3, 0.4) is 0 Å². The molecule has 88 valence electrons. The number of halogens is 1. The monoisotopic (exact) mass is 251 g/mol. The Bertz CT molecular complexity index is 539. The van der Waals surface area contributed by atoms with Gasteiger partial charge in [-0.2, -0.15) is 0 Å². The second-order valence-corrected chi connectivity index (χ2v) is 3.85. The molecule has 0 aliphatic rings. The molecule has 2 aromatic heterocycles. The predicted molar refractivity (Wildman–Crippen MR) is 61.7 cm³/mol. The molecule has 0 aliphatic carbocycles. The standard InChI is InChI=1S/C11H10ClN3O2/c1-7-5-8(17-15-7)6-13-11(16)9-3-2-4-10(12)14-9/h2-5H,6H2,1H3,(H,13,16). The topological polar surface area (TPSA) is 68.0 Å². The number of aromatic nitrogens is 2. The summed E-state index contributed by atoms with van der Waals surface area (Å²) in [5.74, 6) is 0.291. The second kappa shape index (κ2) is 4.97. The van der Waals surface area contributed by atoms with E-state index in [0.717, 1.165) is 5.69 Å². The molecular formula is C11H10ClN3O2. The molecule has 0 radical (unpaired) electrons. The van der Waals surface area contributed by atoms with Gasteiger partial charge in [0.25, 0.3) is 5.91 Å². The van der Waals surface area contributed by atoms with Gasteiger partial charge in [-0.25, -0.2) is 4.98 Å². The average Bonchev–Trinajstić information content (AvgIpc) is 2.72. The van der Waals surface area contributed by atoms with Gasteiger partial charge in [-0.3, -0.25) is 4.79 Å². The van der Waals surface area contributed by atoms with Gasteiger partial charge in [-0.1, -0.05) is 22.8 Å². The van der Waals surface area contributed by atoms with Crippen molar-refractivity contribution in [1.29, 1.82) is 0 Å². The Morgan fingerprint density at radius 2 is 2.35 bits per heavy atom. The van der Waals surface area contributed by atoms with Gasteiger partial charge in [0.2, 0.25) is 0 Å². The van der Waals surface area contributed by atoms with Crippen LogP contribution in [0.2, 0.25) is 5.15 Å². The molecule has 1 N–H and O–H groups in total. The number of carbonyl (C=O) groups excluding carboxylic acids is 1. The number of hydrogen-bond donors (Lipinski definition) is 1. The molecule has 17 heavy (non-hydrogen) atoms. The van der Waals surface area contributed by atoms with Crippen LogP contribution in [0.1, 0.15) is 21.9 Å². The summed E-state index contributed by atoms with van der Waals surface area (Å²) in [6.45, 7) is 2.08. The molecular weight excluding hydrogens is 242 g/mol. The summed E-state index contributed by atoms with van der Waals surface area (Å²) >= 11 is 5.69. The maximum Gasteiger partial charge on any atom is 0.270 e. The number of rotatable bonds is 3. The summed E-state index contributed by atoms with van der Waals surface area (Å²) in [7, 11) is 0. The zero-order valence-electron chi connectivity index (χ0n) is 9.11. The minimum Gasteiger partial charge on any atom is -0.359 e. The van der Waals surface area contributed by atoms with Crippen LogP contribution in [0.25, 0.3) is 0 Å². The fourth-order valence-electron chi connectivity index (χ4n) is 1.29. The molecule has 0 aliphatic heterocycles. The molecule has 0 bridgehead atoms. The lowest BCUT2D eigenvalue weighted by Gasteiger charge is -2.01. The van der Waals surface area contributed by atoms with E-state index in [1.54, 1.807) is 24.3 Å². The van der Waals surface area contributed by atoms with Crippen molar-refractivity contribution in [1.82, 2.24) is 15.5 Å². The third kappa shape index (κ3) is 3.04. The fourth-order valence-corrected chi connectivity index (χ4v) is 1.46. The van der Waals surface area contributed by atoms with Crippen molar-refractivity contribution < 1.29 is 9.32 Å². The van der Waals surface area contributed by atoms with E-state index in [4.69, 9.17) is 16.1 Å². The van der Waals surface area contributed by atoms with E-state index >= 15 is 0 Å². The van der Waals surface area contributed by atoms with E-state index in [0.29, 0.717) is 5.76 Å². The van der Waals surface area contributed by atoms with Crippen molar-refractivity contribution in [3.8, 4) is 0 Å². The largest absolute Gasteiger partial charge is 0.359 e. The van der Waals surface area contributed by atoms with Crippen molar-refractivity contribution in [2.75, 3.05) is 0 Å². The normalized spacial score (nSPS) is 10.2. The van der Waals surface area contributed by atoms with Crippen molar-refractivity contribution >= 4 is 17.5 Å². The molecule has 1 amide bonds. The maximum absolute atomic E-state index is 11.7. The minimum absolute atomic E-state index is 0.272. The van der Waals surface area contributed by atoms with E-state index < -0.39 is 0 Å². The summed E-state index contributed by atoms with van der Waals surface area (Å²) < 4.78 is 4.96. The highest BCUT2D eigenvalue weighted by Crippen LogP contribution is 2.06. The second-order valence-electron chi connectivity index (χ2n) is 3.46. The van der Waals surface area contributed by atoms with Crippen LogP contribution in [0.15, 0.2) is 28.8 Å². The third-order valence-corrected chi connectivity index (χ3v) is 2.26. The lowest BCUT2D eigenvalue weighted by Crippen LogP contribution is -2.23. The highest BCUT2D eigenvalue weighted by atomic mass is 35.5. The van der Waals surface area contributed by atoms with Crippen molar-refractivity contribution in [3.63, 3.8) is 0 Å². The average molecular weight is 252 g/mol. The van der Waals surface area contributed by atoms with Crippen LogP contribution >= 0.6 is 11.6 Å². The molecule has 0 saturated heterocycles. The Morgan fingerprint density at radius 3 is 3.00 bits per heavy atom. The third-order valence-electron chi connectivity index (χ3n) is 2.05. The van der Waals surface area contributed by atoms with Crippen LogP contribution in [0.5, 0.6) is 0 Å². The first kappa shape index (κ1) is 11.6. The molecule has 5 nitrogen and oxygen atoms in total. The van der Waals surface area contributed by atoms with Crippen molar-refractivity contribution in [2.45, 2.75) is 13.5 Å². The van der Waals surface area contributed by atoms with Gasteiger partial charge < -0.3 is 9.84 Å². The summed E-state index contributed by atoms with van der Waals surface area (Å²) in [4.78, 5) is 15.6. The summed E-state index contributed by atoms with van der Waals surface area (Å²) in [6, 6.07) is 6.62. The van der Waals surface area contributed by atoms with Crippen LogP contribution in [-0.2, 0) is 6.54 Å². The first-order valence-corrected chi connectivity index (χ1v) is 5.36. The molecule has 0 fully saturated rings. The van der Waals surface area contributed by atoms with E-state index in [9.17, 15) is 4.79 Å². The number of aryl methyl sites for hydroxylation is 1. The zero-order valence-corrected chi connectivity index (χ0v) is 9.86. The Labute approximate surface area is 103 Å². The first-order chi connectivity index (χ1) is 8.15. The van der Waals surface area contributed by atoms with Gasteiger partial charge in [0, 0.05) is 6.07 Å². The van der Waals surface area contributed by atoms with Crippen molar-refractivity contribution in [3.05, 3.63) is 46.6 Å². The smallest absolute Gasteiger partial charge is 0.270 e. The van der Waals surface area contributed by atoms with Crippen LogP contribution < -0.4 is 5.32 Å². The number of nitrogens with zero attached hydrogens (tertiary/aromatic N) is 2. The summed E-state index contributed by atoms with van der Waals surface area (Å²) in [5, 5.41) is 6.67.